The van der Waals surface area contributed by atoms with Crippen LogP contribution in [0.2, 0.25) is 0 Å². The number of piperidine rings is 1. The van der Waals surface area contributed by atoms with Crippen molar-refractivity contribution in [2.24, 2.45) is 0 Å². The lowest BCUT2D eigenvalue weighted by Crippen LogP contribution is -2.36. The van der Waals surface area contributed by atoms with Crippen LogP contribution in [0.4, 0.5) is 5.82 Å². The lowest BCUT2D eigenvalue weighted by Gasteiger charge is -2.27. The van der Waals surface area contributed by atoms with Crippen LogP contribution in [-0.2, 0) is 11.2 Å². The van der Waals surface area contributed by atoms with Crippen LogP contribution in [0.25, 0.3) is 0 Å². The minimum atomic E-state index is 0.306. The van der Waals surface area contributed by atoms with Gasteiger partial charge < -0.3 is 4.90 Å². The standard InChI is InChI=1S/C12H17N3O/c1-3-10-7-12(14-9(2)13-10)15-6-4-5-11(16)8-15/h7H,3-6,8H2,1-2H3. The van der Waals surface area contributed by atoms with Crippen LogP contribution in [0.3, 0.4) is 0 Å². The summed E-state index contributed by atoms with van der Waals surface area (Å²) in [6.45, 7) is 5.40. The largest absolute Gasteiger partial charge is 0.349 e. The third-order valence-electron chi connectivity index (χ3n) is 2.81. The number of hydrogen-bond acceptors (Lipinski definition) is 4. The van der Waals surface area contributed by atoms with Gasteiger partial charge in [-0.25, -0.2) is 9.97 Å². The Morgan fingerprint density at radius 2 is 2.25 bits per heavy atom. The lowest BCUT2D eigenvalue weighted by molar-refractivity contribution is -0.118. The first kappa shape index (κ1) is 11.0. The zero-order valence-corrected chi connectivity index (χ0v) is 9.86. The van der Waals surface area contributed by atoms with Gasteiger partial charge in [-0.3, -0.25) is 4.79 Å². The summed E-state index contributed by atoms with van der Waals surface area (Å²) in [6, 6.07) is 1.99. The molecule has 0 saturated carbocycles. The summed E-state index contributed by atoms with van der Waals surface area (Å²) in [5.74, 6) is 1.99. The van der Waals surface area contributed by atoms with Gasteiger partial charge >= 0.3 is 0 Å². The molecule has 86 valence electrons. The topological polar surface area (TPSA) is 46.1 Å². The van der Waals surface area contributed by atoms with Crippen molar-refractivity contribution in [2.75, 3.05) is 18.0 Å². The van der Waals surface area contributed by atoms with E-state index in [2.05, 4.69) is 21.8 Å². The molecule has 4 heteroatoms. The Kier molecular flexibility index (Phi) is 3.17. The molecule has 1 fully saturated rings. The maximum Gasteiger partial charge on any atom is 0.152 e. The van der Waals surface area contributed by atoms with Crippen LogP contribution in [-0.4, -0.2) is 28.8 Å². The van der Waals surface area contributed by atoms with Crippen LogP contribution < -0.4 is 4.90 Å². The van der Waals surface area contributed by atoms with Crippen LogP contribution in [0, 0.1) is 6.92 Å². The van der Waals surface area contributed by atoms with Crippen LogP contribution in [0.15, 0.2) is 6.07 Å². The second-order valence-corrected chi connectivity index (χ2v) is 4.18. The molecular formula is C12H17N3O. The van der Waals surface area contributed by atoms with Crippen molar-refractivity contribution >= 4 is 11.6 Å². The molecule has 1 aromatic heterocycles. The molecule has 0 aliphatic carbocycles. The highest BCUT2D eigenvalue weighted by atomic mass is 16.1. The number of Topliss-reactive ketones (excluding diaryl/α,β-unsaturated/α-hetero) is 1. The molecule has 0 atom stereocenters. The first-order valence-corrected chi connectivity index (χ1v) is 5.80. The van der Waals surface area contributed by atoms with Gasteiger partial charge in [-0.1, -0.05) is 6.92 Å². The molecule has 1 aliphatic rings. The van der Waals surface area contributed by atoms with Gasteiger partial charge in [0.25, 0.3) is 0 Å². The van der Waals surface area contributed by atoms with Gasteiger partial charge in [-0.2, -0.15) is 0 Å². The number of rotatable bonds is 2. The summed E-state index contributed by atoms with van der Waals surface area (Å²) >= 11 is 0. The quantitative estimate of drug-likeness (QED) is 0.756. The average Bonchev–Trinajstić information content (AvgIpc) is 2.28. The van der Waals surface area contributed by atoms with Crippen molar-refractivity contribution in [3.05, 3.63) is 17.6 Å². The highest BCUT2D eigenvalue weighted by Crippen LogP contribution is 2.17. The van der Waals surface area contributed by atoms with E-state index in [0.29, 0.717) is 18.7 Å². The first-order chi connectivity index (χ1) is 7.69. The molecule has 1 aromatic rings. The lowest BCUT2D eigenvalue weighted by atomic mass is 10.1. The van der Waals surface area contributed by atoms with Crippen molar-refractivity contribution in [3.8, 4) is 0 Å². The number of carbonyl (C=O) groups is 1. The van der Waals surface area contributed by atoms with Gasteiger partial charge in [0.2, 0.25) is 0 Å². The molecule has 0 bridgehead atoms. The van der Waals surface area contributed by atoms with E-state index in [1.807, 2.05) is 13.0 Å². The molecule has 1 saturated heterocycles. The predicted octanol–water partition coefficient (Wildman–Crippen LogP) is 1.52. The molecule has 1 aliphatic heterocycles. The summed E-state index contributed by atoms with van der Waals surface area (Å²) in [4.78, 5) is 22.2. The Morgan fingerprint density at radius 1 is 1.44 bits per heavy atom. The number of anilines is 1. The molecule has 0 spiro atoms. The normalized spacial score (nSPS) is 16.6. The van der Waals surface area contributed by atoms with E-state index in [-0.39, 0.29) is 0 Å². The van der Waals surface area contributed by atoms with E-state index < -0.39 is 0 Å². The van der Waals surface area contributed by atoms with Gasteiger partial charge in [0.05, 0.1) is 6.54 Å². The van der Waals surface area contributed by atoms with E-state index in [1.165, 1.54) is 0 Å². The molecule has 0 aromatic carbocycles. The van der Waals surface area contributed by atoms with Gasteiger partial charge in [-0.05, 0) is 19.8 Å². The van der Waals surface area contributed by atoms with Gasteiger partial charge in [0.15, 0.2) is 5.78 Å². The number of hydrogen-bond donors (Lipinski definition) is 0. The van der Waals surface area contributed by atoms with E-state index >= 15 is 0 Å². The van der Waals surface area contributed by atoms with Gasteiger partial charge in [0.1, 0.15) is 11.6 Å². The minimum Gasteiger partial charge on any atom is -0.349 e. The number of ketones is 1. The molecule has 0 amide bonds. The van der Waals surface area contributed by atoms with Crippen molar-refractivity contribution in [1.82, 2.24) is 9.97 Å². The van der Waals surface area contributed by atoms with E-state index in [0.717, 1.165) is 36.7 Å². The summed E-state index contributed by atoms with van der Waals surface area (Å²) in [5, 5.41) is 0. The highest BCUT2D eigenvalue weighted by Gasteiger charge is 2.18. The summed E-state index contributed by atoms with van der Waals surface area (Å²) in [5.41, 5.74) is 1.04. The third-order valence-corrected chi connectivity index (χ3v) is 2.81. The number of aryl methyl sites for hydroxylation is 2. The van der Waals surface area contributed by atoms with Crippen molar-refractivity contribution in [1.29, 1.82) is 0 Å². The Morgan fingerprint density at radius 3 is 2.94 bits per heavy atom. The van der Waals surface area contributed by atoms with Crippen molar-refractivity contribution in [3.63, 3.8) is 0 Å². The zero-order valence-electron chi connectivity index (χ0n) is 9.86. The summed E-state index contributed by atoms with van der Waals surface area (Å²) < 4.78 is 0. The van der Waals surface area contributed by atoms with E-state index in [9.17, 15) is 4.79 Å². The fourth-order valence-electron chi connectivity index (χ4n) is 1.99. The molecule has 2 heterocycles. The monoisotopic (exact) mass is 219 g/mol. The predicted molar refractivity (Wildman–Crippen MR) is 62.6 cm³/mol. The second-order valence-electron chi connectivity index (χ2n) is 4.18. The van der Waals surface area contributed by atoms with Crippen molar-refractivity contribution in [2.45, 2.75) is 33.1 Å². The molecule has 0 radical (unpaired) electrons. The maximum absolute atomic E-state index is 11.4. The molecule has 0 unspecified atom stereocenters. The van der Waals surface area contributed by atoms with Crippen LogP contribution in [0.1, 0.15) is 31.3 Å². The van der Waals surface area contributed by atoms with E-state index in [1.54, 1.807) is 0 Å². The molecule has 16 heavy (non-hydrogen) atoms. The minimum absolute atomic E-state index is 0.306. The fraction of sp³-hybridized carbons (Fsp3) is 0.583. The van der Waals surface area contributed by atoms with Crippen LogP contribution >= 0.6 is 0 Å². The van der Waals surface area contributed by atoms with Gasteiger partial charge in [-0.15, -0.1) is 0 Å². The fourth-order valence-corrected chi connectivity index (χ4v) is 1.99. The second kappa shape index (κ2) is 4.60. The first-order valence-electron chi connectivity index (χ1n) is 5.80. The van der Waals surface area contributed by atoms with Gasteiger partial charge in [0, 0.05) is 24.7 Å². The average molecular weight is 219 g/mol. The number of aromatic nitrogens is 2. The molecule has 4 nitrogen and oxygen atoms in total. The van der Waals surface area contributed by atoms with Crippen molar-refractivity contribution < 1.29 is 4.79 Å². The molecule has 2 rings (SSSR count). The maximum atomic E-state index is 11.4. The summed E-state index contributed by atoms with van der Waals surface area (Å²) in [6.07, 6.45) is 2.54. The Bertz CT molecular complexity index is 403. The Balaban J connectivity index is 2.24. The van der Waals surface area contributed by atoms with Crippen LogP contribution in [0.5, 0.6) is 0 Å². The zero-order chi connectivity index (χ0) is 11.5. The molecular weight excluding hydrogens is 202 g/mol. The number of nitrogens with zero attached hydrogens (tertiary/aromatic N) is 3. The SMILES string of the molecule is CCc1cc(N2CCCC(=O)C2)nc(C)n1. The number of carbonyl (C=O) groups excluding carboxylic acids is 1. The summed E-state index contributed by atoms with van der Waals surface area (Å²) in [7, 11) is 0. The Hall–Kier alpha value is -1.45. The Labute approximate surface area is 95.7 Å². The molecule has 0 N–H and O–H groups in total. The smallest absolute Gasteiger partial charge is 0.152 e. The third kappa shape index (κ3) is 2.38. The van der Waals surface area contributed by atoms with E-state index in [4.69, 9.17) is 0 Å². The highest BCUT2D eigenvalue weighted by molar-refractivity contribution is 5.84.